The number of nitrogens with one attached hydrogen (secondary N) is 1. The molecule has 5 rings (SSSR count). The Morgan fingerprint density at radius 3 is 2.30 bits per heavy atom. The van der Waals surface area contributed by atoms with E-state index in [9.17, 15) is 19.5 Å². The normalized spacial score (nSPS) is 24.4. The second-order valence-corrected chi connectivity index (χ2v) is 15.1. The minimum Gasteiger partial charge on any atom is -0.455 e. The molecule has 2 bridgehead atoms. The Hall–Kier alpha value is -4.48. The average molecular weight is 743 g/mol. The lowest BCUT2D eigenvalue weighted by atomic mass is 9.70. The number of hydrogen-bond acceptors (Lipinski definition) is 8. The van der Waals surface area contributed by atoms with E-state index in [1.807, 2.05) is 68.4 Å². The first kappa shape index (κ1) is 40.7. The Labute approximate surface area is 320 Å². The van der Waals surface area contributed by atoms with Gasteiger partial charge in [0.05, 0.1) is 36.6 Å². The highest BCUT2D eigenvalue weighted by atomic mass is 16.6. The van der Waals surface area contributed by atoms with Gasteiger partial charge in [0.15, 0.2) is 0 Å². The third kappa shape index (κ3) is 7.98. The van der Waals surface area contributed by atoms with Crippen molar-refractivity contribution in [1.29, 1.82) is 0 Å². The second-order valence-electron chi connectivity index (χ2n) is 15.1. The first-order chi connectivity index (χ1) is 26.0. The van der Waals surface area contributed by atoms with Crippen molar-refractivity contribution in [3.05, 3.63) is 85.5 Å². The standard InChI is InChI=1S/C43H58N4O7/c1-8-12-18-35(49)44-29(7)38(30-16-14-13-15-17-30)53-42(52)36-34-23-24-43(54-34)37(36)40(50)47(33(27-48)26-28(5)6)39(43)41(51)46(25-9-2)32-21-19-31(20-22-32)45(10-3)11-4/h8-9,13-17,19-22,28-29,33-34,36-39,48H,1-2,10-12,18,23-27H2,3-7H3,(H,44,49)/t29-,33-,34+,36-,37-,38-,39+,43-/m1/s1. The fourth-order valence-electron chi connectivity index (χ4n) is 8.82. The monoisotopic (exact) mass is 742 g/mol. The quantitative estimate of drug-likeness (QED) is 0.141. The summed E-state index contributed by atoms with van der Waals surface area (Å²) in [5.74, 6) is -3.44. The summed E-state index contributed by atoms with van der Waals surface area (Å²) in [7, 11) is 0. The molecule has 292 valence electrons. The number of likely N-dealkylation sites (tertiary alicyclic amines) is 1. The maximum absolute atomic E-state index is 15.1. The number of amides is 3. The van der Waals surface area contributed by atoms with Gasteiger partial charge in [-0.1, -0.05) is 56.3 Å². The minimum atomic E-state index is -1.31. The summed E-state index contributed by atoms with van der Waals surface area (Å²) < 4.78 is 13.0. The first-order valence-corrected chi connectivity index (χ1v) is 19.5. The van der Waals surface area contributed by atoms with Gasteiger partial charge in [-0.25, -0.2) is 0 Å². The van der Waals surface area contributed by atoms with E-state index in [2.05, 4.69) is 37.2 Å². The summed E-state index contributed by atoms with van der Waals surface area (Å²) in [5.41, 5.74) is 1.06. The zero-order valence-corrected chi connectivity index (χ0v) is 32.5. The van der Waals surface area contributed by atoms with Crippen molar-refractivity contribution in [3.8, 4) is 0 Å². The van der Waals surface area contributed by atoms with Crippen molar-refractivity contribution in [3.63, 3.8) is 0 Å². The van der Waals surface area contributed by atoms with Crippen LogP contribution < -0.4 is 15.1 Å². The maximum Gasteiger partial charge on any atom is 0.313 e. The van der Waals surface area contributed by atoms with Crippen LogP contribution in [-0.2, 0) is 28.7 Å². The van der Waals surface area contributed by atoms with Gasteiger partial charge in [0.1, 0.15) is 17.7 Å². The summed E-state index contributed by atoms with van der Waals surface area (Å²) in [5, 5.41) is 13.7. The molecule has 0 aliphatic carbocycles. The van der Waals surface area contributed by atoms with Crippen LogP contribution >= 0.6 is 0 Å². The van der Waals surface area contributed by atoms with Gasteiger partial charge in [0.2, 0.25) is 11.8 Å². The third-order valence-electron chi connectivity index (χ3n) is 11.2. The van der Waals surface area contributed by atoms with Gasteiger partial charge >= 0.3 is 5.97 Å². The van der Waals surface area contributed by atoms with Gasteiger partial charge in [-0.05, 0) is 82.2 Å². The molecule has 2 aromatic carbocycles. The Bertz CT molecular complexity index is 1640. The van der Waals surface area contributed by atoms with Gasteiger partial charge in [0, 0.05) is 37.4 Å². The molecule has 0 saturated carbocycles. The Balaban J connectivity index is 1.52. The molecular weight excluding hydrogens is 684 g/mol. The number of fused-ring (bicyclic) bond motifs is 1. The van der Waals surface area contributed by atoms with Gasteiger partial charge in [-0.15, -0.1) is 13.2 Å². The molecule has 2 N–H and O–H groups in total. The highest BCUT2D eigenvalue weighted by molar-refractivity contribution is 6.05. The van der Waals surface area contributed by atoms with Crippen LogP contribution in [0.25, 0.3) is 0 Å². The summed E-state index contributed by atoms with van der Waals surface area (Å²) >= 11 is 0. The second kappa shape index (κ2) is 17.8. The largest absolute Gasteiger partial charge is 0.455 e. The number of esters is 1. The highest BCUT2D eigenvalue weighted by Crippen LogP contribution is 2.59. The van der Waals surface area contributed by atoms with Crippen molar-refractivity contribution in [1.82, 2.24) is 10.2 Å². The first-order valence-electron chi connectivity index (χ1n) is 19.5. The predicted molar refractivity (Wildman–Crippen MR) is 210 cm³/mol. The van der Waals surface area contributed by atoms with Gasteiger partial charge in [-0.2, -0.15) is 0 Å². The van der Waals surface area contributed by atoms with E-state index in [1.165, 1.54) is 4.90 Å². The van der Waals surface area contributed by atoms with Crippen LogP contribution in [0.1, 0.15) is 78.4 Å². The predicted octanol–water partition coefficient (Wildman–Crippen LogP) is 5.59. The molecular formula is C43H58N4O7. The van der Waals surface area contributed by atoms with Crippen molar-refractivity contribution in [2.75, 3.05) is 36.0 Å². The van der Waals surface area contributed by atoms with Crippen LogP contribution in [0.3, 0.4) is 0 Å². The molecule has 3 saturated heterocycles. The molecule has 8 atom stereocenters. The van der Waals surface area contributed by atoms with Crippen molar-refractivity contribution < 1.29 is 33.8 Å². The van der Waals surface area contributed by atoms with Crippen LogP contribution in [0, 0.1) is 17.8 Å². The van der Waals surface area contributed by atoms with Crippen LogP contribution in [0.15, 0.2) is 79.9 Å². The van der Waals surface area contributed by atoms with Crippen molar-refractivity contribution in [2.24, 2.45) is 17.8 Å². The zero-order chi connectivity index (χ0) is 39.2. The highest BCUT2D eigenvalue weighted by Gasteiger charge is 2.75. The van der Waals surface area contributed by atoms with E-state index in [4.69, 9.17) is 9.47 Å². The number of anilines is 2. The van der Waals surface area contributed by atoms with E-state index >= 15 is 4.79 Å². The fourth-order valence-corrected chi connectivity index (χ4v) is 8.82. The average Bonchev–Trinajstić information content (AvgIpc) is 3.82. The molecule has 3 heterocycles. The number of ether oxygens (including phenoxy) is 2. The number of aliphatic hydroxyl groups is 1. The van der Waals surface area contributed by atoms with E-state index in [-0.39, 0.29) is 37.3 Å². The topological polar surface area (TPSA) is 129 Å². The lowest BCUT2D eigenvalue weighted by molar-refractivity contribution is -0.162. The molecule has 0 radical (unpaired) electrons. The molecule has 11 heteroatoms. The number of nitrogens with zero attached hydrogens (tertiary/aromatic N) is 3. The van der Waals surface area contributed by atoms with Gasteiger partial charge < -0.3 is 34.6 Å². The number of carbonyl (C=O) groups is 4. The molecule has 3 aliphatic rings. The van der Waals surface area contributed by atoms with E-state index in [0.717, 1.165) is 18.8 Å². The number of allylic oxidation sites excluding steroid dienone is 1. The number of benzene rings is 2. The maximum atomic E-state index is 15.1. The van der Waals surface area contributed by atoms with E-state index in [0.29, 0.717) is 36.9 Å². The van der Waals surface area contributed by atoms with Crippen LogP contribution in [-0.4, -0.2) is 89.8 Å². The van der Waals surface area contributed by atoms with E-state index < -0.39 is 59.6 Å². The Kier molecular flexibility index (Phi) is 13.4. The zero-order valence-electron chi connectivity index (χ0n) is 32.5. The van der Waals surface area contributed by atoms with Gasteiger partial charge in [-0.3, -0.25) is 19.2 Å². The fraction of sp³-hybridized carbons (Fsp3) is 0.535. The SMILES string of the molecule is C=CCCC(=O)N[C@H](C)[C@@H](OC(=O)[C@@H]1[C@@H]2CC[C@]3(O2)[C@H](C(=O)N(CC=C)c2ccc(N(CC)CC)cc2)N([C@@H](CO)CC(C)C)C(=O)[C@@H]13)c1ccccc1. The molecule has 11 nitrogen and oxygen atoms in total. The Morgan fingerprint density at radius 2 is 1.70 bits per heavy atom. The smallest absolute Gasteiger partial charge is 0.313 e. The number of aliphatic hydroxyl groups excluding tert-OH is 1. The number of rotatable bonds is 19. The van der Waals surface area contributed by atoms with Crippen LogP contribution in [0.5, 0.6) is 0 Å². The van der Waals surface area contributed by atoms with Crippen molar-refractivity contribution >= 4 is 35.1 Å². The summed E-state index contributed by atoms with van der Waals surface area (Å²) in [6.07, 6.45) is 3.89. The van der Waals surface area contributed by atoms with Crippen molar-refractivity contribution in [2.45, 2.75) is 103 Å². The van der Waals surface area contributed by atoms with Gasteiger partial charge in [0.25, 0.3) is 5.91 Å². The lowest BCUT2D eigenvalue weighted by Gasteiger charge is -2.39. The number of hydrogen-bond donors (Lipinski definition) is 2. The lowest BCUT2D eigenvalue weighted by Crippen LogP contribution is -2.59. The molecule has 3 fully saturated rings. The van der Waals surface area contributed by atoms with Crippen LogP contribution in [0.2, 0.25) is 0 Å². The molecule has 0 unspecified atom stereocenters. The molecule has 0 aromatic heterocycles. The summed E-state index contributed by atoms with van der Waals surface area (Å²) in [6, 6.07) is 14.6. The molecule has 1 spiro atoms. The summed E-state index contributed by atoms with van der Waals surface area (Å²) in [4.78, 5) is 62.6. The number of carbonyl (C=O) groups excluding carboxylic acids is 4. The molecule has 2 aromatic rings. The molecule has 3 amide bonds. The van der Waals surface area contributed by atoms with Crippen LogP contribution in [0.4, 0.5) is 11.4 Å². The van der Waals surface area contributed by atoms with E-state index in [1.54, 1.807) is 24.0 Å². The molecule has 3 aliphatic heterocycles. The molecule has 54 heavy (non-hydrogen) atoms. The summed E-state index contributed by atoms with van der Waals surface area (Å²) in [6.45, 7) is 19.1. The Morgan fingerprint density at radius 1 is 1.04 bits per heavy atom. The third-order valence-corrected chi connectivity index (χ3v) is 11.2. The minimum absolute atomic E-state index is 0.105.